The van der Waals surface area contributed by atoms with E-state index in [-0.39, 0.29) is 5.48 Å². The van der Waals surface area contributed by atoms with Crippen LogP contribution in [0.1, 0.15) is 57.9 Å². The SMILES string of the molecule is CCN(CC)CCCCCCCCc1cccc2ccccc12.O. The highest BCUT2D eigenvalue weighted by molar-refractivity contribution is 5.85. The zero-order valence-corrected chi connectivity index (χ0v) is 15.6. The molecule has 2 N–H and O–H groups in total. The average molecular weight is 330 g/mol. The van der Waals surface area contributed by atoms with Gasteiger partial charge in [0.05, 0.1) is 0 Å². The van der Waals surface area contributed by atoms with Crippen LogP contribution < -0.4 is 0 Å². The number of hydrogen-bond donors (Lipinski definition) is 0. The summed E-state index contributed by atoms with van der Waals surface area (Å²) in [6.07, 6.45) is 9.47. The zero-order valence-electron chi connectivity index (χ0n) is 15.6. The number of hydrogen-bond acceptors (Lipinski definition) is 1. The van der Waals surface area contributed by atoms with Crippen molar-refractivity contribution in [3.8, 4) is 0 Å². The lowest BCUT2D eigenvalue weighted by molar-refractivity contribution is 0.295. The monoisotopic (exact) mass is 329 g/mol. The first-order valence-corrected chi connectivity index (χ1v) is 9.54. The third-order valence-corrected chi connectivity index (χ3v) is 4.94. The quantitative estimate of drug-likeness (QED) is 0.519. The van der Waals surface area contributed by atoms with E-state index in [2.05, 4.69) is 61.2 Å². The van der Waals surface area contributed by atoms with Gasteiger partial charge < -0.3 is 10.4 Å². The highest BCUT2D eigenvalue weighted by Crippen LogP contribution is 2.20. The molecule has 2 rings (SSSR count). The molecule has 0 heterocycles. The fourth-order valence-corrected chi connectivity index (χ4v) is 3.41. The summed E-state index contributed by atoms with van der Waals surface area (Å²) in [5.74, 6) is 0. The molecule has 0 fully saturated rings. The first-order valence-electron chi connectivity index (χ1n) is 9.54. The van der Waals surface area contributed by atoms with Crippen LogP contribution in [0.2, 0.25) is 0 Å². The number of fused-ring (bicyclic) bond motifs is 1. The third-order valence-electron chi connectivity index (χ3n) is 4.94. The highest BCUT2D eigenvalue weighted by atomic mass is 16.0. The van der Waals surface area contributed by atoms with Gasteiger partial charge in [0.1, 0.15) is 0 Å². The molecule has 0 aromatic heterocycles. The summed E-state index contributed by atoms with van der Waals surface area (Å²) in [6.45, 7) is 8.19. The molecule has 0 atom stereocenters. The van der Waals surface area contributed by atoms with Gasteiger partial charge >= 0.3 is 0 Å². The Kier molecular flexibility index (Phi) is 10.4. The van der Waals surface area contributed by atoms with Crippen LogP contribution in [0.5, 0.6) is 0 Å². The van der Waals surface area contributed by atoms with Crippen molar-refractivity contribution in [2.45, 2.75) is 58.8 Å². The first-order chi connectivity index (χ1) is 11.3. The summed E-state index contributed by atoms with van der Waals surface area (Å²) in [6, 6.07) is 15.5. The molecule has 0 saturated heterocycles. The smallest absolute Gasteiger partial charge is 0.00190 e. The minimum Gasteiger partial charge on any atom is -0.412 e. The fraction of sp³-hybridized carbons (Fsp3) is 0.545. The van der Waals surface area contributed by atoms with E-state index in [1.165, 1.54) is 80.9 Å². The fourth-order valence-electron chi connectivity index (χ4n) is 3.41. The normalized spacial score (nSPS) is 11.0. The summed E-state index contributed by atoms with van der Waals surface area (Å²) < 4.78 is 0. The van der Waals surface area contributed by atoms with Crippen LogP contribution >= 0.6 is 0 Å². The second-order valence-electron chi connectivity index (χ2n) is 6.54. The van der Waals surface area contributed by atoms with Gasteiger partial charge in [0.2, 0.25) is 0 Å². The van der Waals surface area contributed by atoms with Gasteiger partial charge in [-0.1, -0.05) is 82.0 Å². The van der Waals surface area contributed by atoms with Crippen molar-refractivity contribution >= 4 is 10.8 Å². The minimum absolute atomic E-state index is 0. The predicted molar refractivity (Wildman–Crippen MR) is 107 cm³/mol. The van der Waals surface area contributed by atoms with Gasteiger partial charge in [-0.25, -0.2) is 0 Å². The first kappa shape index (κ1) is 20.7. The van der Waals surface area contributed by atoms with Gasteiger partial charge in [-0.3, -0.25) is 0 Å². The Bertz CT molecular complexity index is 557. The van der Waals surface area contributed by atoms with Crippen LogP contribution in [0.15, 0.2) is 42.5 Å². The van der Waals surface area contributed by atoms with E-state index in [9.17, 15) is 0 Å². The van der Waals surface area contributed by atoms with Crippen molar-refractivity contribution in [2.75, 3.05) is 19.6 Å². The standard InChI is InChI=1S/C22H33N.H2O/c1-3-23(4-2)19-12-8-6-5-7-9-14-20-16-13-17-21-15-10-11-18-22(20)21;/h10-11,13,15-18H,3-9,12,14,19H2,1-2H3;1H2. The Morgan fingerprint density at radius 1 is 0.708 bits per heavy atom. The van der Waals surface area contributed by atoms with Gasteiger partial charge in [-0.05, 0) is 55.2 Å². The highest BCUT2D eigenvalue weighted by Gasteiger charge is 2.01. The number of aryl methyl sites for hydroxylation is 1. The van der Waals surface area contributed by atoms with E-state index in [1.54, 1.807) is 0 Å². The molecule has 2 nitrogen and oxygen atoms in total. The van der Waals surface area contributed by atoms with E-state index in [0.29, 0.717) is 0 Å². The Hall–Kier alpha value is -1.38. The Labute approximate surface area is 148 Å². The maximum atomic E-state index is 2.53. The van der Waals surface area contributed by atoms with Crippen LogP contribution in [-0.4, -0.2) is 30.0 Å². The van der Waals surface area contributed by atoms with Gasteiger partial charge in [-0.2, -0.15) is 0 Å². The lowest BCUT2D eigenvalue weighted by atomic mass is 9.99. The van der Waals surface area contributed by atoms with Crippen LogP contribution in [0.25, 0.3) is 10.8 Å². The van der Waals surface area contributed by atoms with Crippen LogP contribution in [-0.2, 0) is 6.42 Å². The van der Waals surface area contributed by atoms with Crippen molar-refractivity contribution in [3.05, 3.63) is 48.0 Å². The van der Waals surface area contributed by atoms with Gasteiger partial charge in [-0.15, -0.1) is 0 Å². The summed E-state index contributed by atoms with van der Waals surface area (Å²) in [5, 5.41) is 2.82. The second kappa shape index (κ2) is 12.0. The van der Waals surface area contributed by atoms with Crippen LogP contribution in [0.4, 0.5) is 0 Å². The number of nitrogens with zero attached hydrogens (tertiary/aromatic N) is 1. The van der Waals surface area contributed by atoms with Crippen molar-refractivity contribution < 1.29 is 5.48 Å². The number of benzene rings is 2. The van der Waals surface area contributed by atoms with E-state index < -0.39 is 0 Å². The molecule has 134 valence electrons. The molecule has 0 radical (unpaired) electrons. The van der Waals surface area contributed by atoms with Crippen LogP contribution in [0.3, 0.4) is 0 Å². The van der Waals surface area contributed by atoms with Crippen molar-refractivity contribution in [2.24, 2.45) is 0 Å². The average Bonchev–Trinajstić information content (AvgIpc) is 2.60. The Balaban J connectivity index is 0.00000288. The molecule has 0 amide bonds. The maximum absolute atomic E-state index is 2.53. The predicted octanol–water partition coefficient (Wildman–Crippen LogP) is 5.24. The molecule has 2 heteroatoms. The molecule has 0 saturated carbocycles. The van der Waals surface area contributed by atoms with Gasteiger partial charge in [0.25, 0.3) is 0 Å². The summed E-state index contributed by atoms with van der Waals surface area (Å²) in [5.41, 5.74) is 1.52. The molecule has 0 bridgehead atoms. The van der Waals surface area contributed by atoms with E-state index >= 15 is 0 Å². The van der Waals surface area contributed by atoms with Gasteiger partial charge in [0, 0.05) is 0 Å². The van der Waals surface area contributed by atoms with E-state index in [1.807, 2.05) is 0 Å². The molecular weight excluding hydrogens is 294 g/mol. The summed E-state index contributed by atoms with van der Waals surface area (Å²) in [4.78, 5) is 2.53. The lowest BCUT2D eigenvalue weighted by Gasteiger charge is -2.17. The molecule has 0 aliphatic rings. The molecule has 2 aromatic carbocycles. The second-order valence-corrected chi connectivity index (χ2v) is 6.54. The topological polar surface area (TPSA) is 34.7 Å². The van der Waals surface area contributed by atoms with E-state index in [0.717, 1.165) is 0 Å². The maximum Gasteiger partial charge on any atom is -0.00190 e. The zero-order chi connectivity index (χ0) is 16.3. The number of unbranched alkanes of at least 4 members (excludes halogenated alkanes) is 5. The summed E-state index contributed by atoms with van der Waals surface area (Å²) >= 11 is 0. The molecule has 0 spiro atoms. The summed E-state index contributed by atoms with van der Waals surface area (Å²) in [7, 11) is 0. The van der Waals surface area contributed by atoms with Crippen molar-refractivity contribution in [1.29, 1.82) is 0 Å². The van der Waals surface area contributed by atoms with Gasteiger partial charge in [0.15, 0.2) is 0 Å². The third kappa shape index (κ3) is 6.62. The molecule has 24 heavy (non-hydrogen) atoms. The van der Waals surface area contributed by atoms with Crippen LogP contribution in [0, 0.1) is 0 Å². The lowest BCUT2D eigenvalue weighted by Crippen LogP contribution is -2.23. The van der Waals surface area contributed by atoms with E-state index in [4.69, 9.17) is 0 Å². The molecule has 0 unspecified atom stereocenters. The molecule has 0 aliphatic heterocycles. The molecular formula is C22H35NO. The Morgan fingerprint density at radius 3 is 2.08 bits per heavy atom. The number of rotatable bonds is 11. The molecule has 2 aromatic rings. The molecule has 0 aliphatic carbocycles. The van der Waals surface area contributed by atoms with Crippen molar-refractivity contribution in [3.63, 3.8) is 0 Å². The minimum atomic E-state index is 0. The Morgan fingerprint density at radius 2 is 1.33 bits per heavy atom. The largest absolute Gasteiger partial charge is 0.412 e. The van der Waals surface area contributed by atoms with Crippen molar-refractivity contribution in [1.82, 2.24) is 4.90 Å².